The van der Waals surface area contributed by atoms with E-state index in [0.29, 0.717) is 5.56 Å². The first-order chi connectivity index (χ1) is 11.0. The molecule has 0 bridgehead atoms. The Labute approximate surface area is 149 Å². The molecule has 0 aliphatic rings. The molecule has 0 aliphatic heterocycles. The SMILES string of the molecule is Cl.N[C@H](c1ccc(OC(F)(F)F)cc1)c1ccc(C(F)(F)F)c(Cl)c1. The van der Waals surface area contributed by atoms with E-state index in [1.54, 1.807) is 0 Å². The number of nitrogens with two attached hydrogens (primary N) is 1. The molecule has 0 fully saturated rings. The van der Waals surface area contributed by atoms with Crippen molar-refractivity contribution in [2.24, 2.45) is 5.73 Å². The van der Waals surface area contributed by atoms with Gasteiger partial charge in [-0.3, -0.25) is 0 Å². The van der Waals surface area contributed by atoms with Gasteiger partial charge in [0.05, 0.1) is 16.6 Å². The molecule has 0 amide bonds. The average Bonchev–Trinajstić information content (AvgIpc) is 2.44. The monoisotopic (exact) mass is 405 g/mol. The molecule has 0 unspecified atom stereocenters. The summed E-state index contributed by atoms with van der Waals surface area (Å²) in [5.74, 6) is -0.427. The third-order valence-corrected chi connectivity index (χ3v) is 3.44. The number of ether oxygens (including phenoxy) is 1. The van der Waals surface area contributed by atoms with Crippen LogP contribution in [0.4, 0.5) is 26.3 Å². The van der Waals surface area contributed by atoms with E-state index in [1.165, 1.54) is 18.2 Å². The number of halogens is 8. The molecule has 0 aromatic heterocycles. The van der Waals surface area contributed by atoms with Crippen LogP contribution < -0.4 is 10.5 Å². The standard InChI is InChI=1S/C15H10ClF6NO.ClH/c16-12-7-9(3-6-11(12)14(17,18)19)13(23)8-1-4-10(5-2-8)24-15(20,21)22;/h1-7,13H,23H2;1H/t13-;/m1./s1. The summed E-state index contributed by atoms with van der Waals surface area (Å²) < 4.78 is 78.0. The van der Waals surface area contributed by atoms with E-state index in [2.05, 4.69) is 4.74 Å². The highest BCUT2D eigenvalue weighted by molar-refractivity contribution is 6.31. The second kappa shape index (κ2) is 7.72. The molecule has 0 spiro atoms. The molecule has 1 atom stereocenters. The van der Waals surface area contributed by atoms with Crippen molar-refractivity contribution in [3.8, 4) is 5.75 Å². The number of hydrogen-bond donors (Lipinski definition) is 1. The minimum atomic E-state index is -4.81. The number of alkyl halides is 6. The van der Waals surface area contributed by atoms with Crippen LogP contribution in [0.25, 0.3) is 0 Å². The molecule has 0 saturated carbocycles. The summed E-state index contributed by atoms with van der Waals surface area (Å²) >= 11 is 5.62. The van der Waals surface area contributed by atoms with Gasteiger partial charge in [-0.05, 0) is 35.4 Å². The predicted molar refractivity (Wildman–Crippen MR) is 82.9 cm³/mol. The zero-order valence-corrected chi connectivity index (χ0v) is 13.7. The molecule has 25 heavy (non-hydrogen) atoms. The maximum absolute atomic E-state index is 12.7. The van der Waals surface area contributed by atoms with Crippen LogP contribution in [0.15, 0.2) is 42.5 Å². The summed E-state index contributed by atoms with van der Waals surface area (Å²) in [4.78, 5) is 0. The first kappa shape index (κ1) is 21.4. The Morgan fingerprint density at radius 1 is 0.880 bits per heavy atom. The maximum Gasteiger partial charge on any atom is 0.573 e. The summed E-state index contributed by atoms with van der Waals surface area (Å²) in [7, 11) is 0. The van der Waals surface area contributed by atoms with Crippen molar-refractivity contribution in [1.82, 2.24) is 0 Å². The lowest BCUT2D eigenvalue weighted by molar-refractivity contribution is -0.274. The fourth-order valence-electron chi connectivity index (χ4n) is 2.02. The van der Waals surface area contributed by atoms with Gasteiger partial charge in [-0.15, -0.1) is 25.6 Å². The predicted octanol–water partition coefficient (Wildman–Crippen LogP) is 5.73. The summed E-state index contributed by atoms with van der Waals surface area (Å²) in [5, 5.41) is -0.507. The molecule has 0 aliphatic carbocycles. The van der Waals surface area contributed by atoms with Crippen molar-refractivity contribution >= 4 is 24.0 Å². The highest BCUT2D eigenvalue weighted by atomic mass is 35.5. The van der Waals surface area contributed by atoms with Gasteiger partial charge in [-0.25, -0.2) is 0 Å². The first-order valence-corrected chi connectivity index (χ1v) is 6.83. The van der Waals surface area contributed by atoms with Crippen molar-refractivity contribution in [1.29, 1.82) is 0 Å². The van der Waals surface area contributed by atoms with Crippen molar-refractivity contribution in [2.75, 3.05) is 0 Å². The lowest BCUT2D eigenvalue weighted by Crippen LogP contribution is -2.17. The third kappa shape index (κ3) is 5.69. The molecule has 0 saturated heterocycles. The summed E-state index contributed by atoms with van der Waals surface area (Å²) in [5.41, 5.74) is 5.61. The van der Waals surface area contributed by atoms with Gasteiger partial charge in [0.1, 0.15) is 5.75 Å². The largest absolute Gasteiger partial charge is 0.573 e. The lowest BCUT2D eigenvalue weighted by atomic mass is 9.98. The Balaban J connectivity index is 0.00000312. The molecule has 138 valence electrons. The molecule has 2 aromatic carbocycles. The van der Waals surface area contributed by atoms with Gasteiger partial charge in [0.25, 0.3) is 0 Å². The smallest absolute Gasteiger partial charge is 0.406 e. The average molecular weight is 406 g/mol. The maximum atomic E-state index is 12.7. The molecule has 10 heteroatoms. The lowest BCUT2D eigenvalue weighted by Gasteiger charge is -2.16. The first-order valence-electron chi connectivity index (χ1n) is 6.45. The van der Waals surface area contributed by atoms with Crippen LogP contribution in [0, 0.1) is 0 Å². The van der Waals surface area contributed by atoms with E-state index < -0.39 is 34.9 Å². The van der Waals surface area contributed by atoms with Gasteiger partial charge in [-0.1, -0.05) is 29.8 Å². The molecular weight excluding hydrogens is 395 g/mol. The van der Waals surface area contributed by atoms with Crippen molar-refractivity contribution in [3.05, 3.63) is 64.2 Å². The molecule has 2 nitrogen and oxygen atoms in total. The van der Waals surface area contributed by atoms with Gasteiger partial charge in [0, 0.05) is 0 Å². The van der Waals surface area contributed by atoms with Crippen LogP contribution in [0.2, 0.25) is 5.02 Å². The highest BCUT2D eigenvalue weighted by Gasteiger charge is 2.33. The highest BCUT2D eigenvalue weighted by Crippen LogP contribution is 2.36. The topological polar surface area (TPSA) is 35.2 Å². The minimum Gasteiger partial charge on any atom is -0.406 e. The van der Waals surface area contributed by atoms with E-state index in [1.807, 2.05) is 0 Å². The van der Waals surface area contributed by atoms with E-state index in [0.717, 1.165) is 24.3 Å². The summed E-state index contributed by atoms with van der Waals surface area (Å²) in [6.45, 7) is 0. The fraction of sp³-hybridized carbons (Fsp3) is 0.200. The molecule has 2 aromatic rings. The third-order valence-electron chi connectivity index (χ3n) is 3.13. The van der Waals surface area contributed by atoms with Crippen LogP contribution in [0.1, 0.15) is 22.7 Å². The zero-order chi connectivity index (χ0) is 18.1. The molecule has 0 radical (unpaired) electrons. The number of benzene rings is 2. The van der Waals surface area contributed by atoms with Crippen molar-refractivity contribution in [2.45, 2.75) is 18.6 Å². The van der Waals surface area contributed by atoms with Gasteiger partial charge in [-0.2, -0.15) is 13.2 Å². The second-order valence-electron chi connectivity index (χ2n) is 4.83. The van der Waals surface area contributed by atoms with Crippen LogP contribution in [-0.2, 0) is 6.18 Å². The van der Waals surface area contributed by atoms with E-state index in [-0.39, 0.29) is 18.0 Å². The van der Waals surface area contributed by atoms with E-state index in [9.17, 15) is 26.3 Å². The molecule has 2 rings (SSSR count). The Hall–Kier alpha value is -1.64. The van der Waals surface area contributed by atoms with Gasteiger partial charge in [0.15, 0.2) is 0 Å². The Bertz CT molecular complexity index is 715. The van der Waals surface area contributed by atoms with Crippen LogP contribution in [-0.4, -0.2) is 6.36 Å². The minimum absolute atomic E-state index is 0. The quantitative estimate of drug-likeness (QED) is 0.662. The summed E-state index contributed by atoms with van der Waals surface area (Å²) in [6, 6.07) is 6.90. The Kier molecular flexibility index (Phi) is 6.61. The Morgan fingerprint density at radius 2 is 1.40 bits per heavy atom. The zero-order valence-electron chi connectivity index (χ0n) is 12.2. The van der Waals surface area contributed by atoms with E-state index >= 15 is 0 Å². The van der Waals surface area contributed by atoms with Crippen molar-refractivity contribution in [3.63, 3.8) is 0 Å². The summed E-state index contributed by atoms with van der Waals surface area (Å²) in [6.07, 6.45) is -9.40. The molecular formula is C15H11Cl2F6NO. The van der Waals surface area contributed by atoms with Gasteiger partial charge < -0.3 is 10.5 Å². The van der Waals surface area contributed by atoms with Crippen molar-refractivity contribution < 1.29 is 31.1 Å². The number of hydrogen-bond acceptors (Lipinski definition) is 2. The van der Waals surface area contributed by atoms with Gasteiger partial charge in [0.2, 0.25) is 0 Å². The van der Waals surface area contributed by atoms with Crippen LogP contribution in [0.3, 0.4) is 0 Å². The second-order valence-corrected chi connectivity index (χ2v) is 5.24. The Morgan fingerprint density at radius 3 is 1.84 bits per heavy atom. The van der Waals surface area contributed by atoms with Crippen LogP contribution >= 0.6 is 24.0 Å². The van der Waals surface area contributed by atoms with E-state index in [4.69, 9.17) is 17.3 Å². The number of rotatable bonds is 3. The molecule has 0 heterocycles. The van der Waals surface area contributed by atoms with Crippen LogP contribution in [0.5, 0.6) is 5.75 Å². The normalized spacial score (nSPS) is 13.1. The molecule has 2 N–H and O–H groups in total. The van der Waals surface area contributed by atoms with Gasteiger partial charge >= 0.3 is 12.5 Å². The fourth-order valence-corrected chi connectivity index (χ4v) is 2.32.